The molecule has 0 saturated heterocycles. The highest BCUT2D eigenvalue weighted by Crippen LogP contribution is 2.13. The summed E-state index contributed by atoms with van der Waals surface area (Å²) in [5.41, 5.74) is 5.95. The number of nitrogens with zero attached hydrogens (tertiary/aromatic N) is 2. The Bertz CT molecular complexity index is 505. The van der Waals surface area contributed by atoms with Crippen LogP contribution in [0.15, 0.2) is 6.20 Å². The third-order valence-corrected chi connectivity index (χ3v) is 2.61. The van der Waals surface area contributed by atoms with Crippen molar-refractivity contribution in [2.75, 3.05) is 32.5 Å². The van der Waals surface area contributed by atoms with E-state index in [0.717, 1.165) is 0 Å². The number of amides is 2. The number of hydrogen-bond acceptors (Lipinski definition) is 6. The first-order chi connectivity index (χ1) is 9.95. The molecule has 1 aromatic rings. The fourth-order valence-corrected chi connectivity index (χ4v) is 1.46. The molecule has 0 saturated carbocycles. The summed E-state index contributed by atoms with van der Waals surface area (Å²) in [4.78, 5) is 31.6. The van der Waals surface area contributed by atoms with Gasteiger partial charge in [-0.05, 0) is 0 Å². The van der Waals surface area contributed by atoms with Crippen LogP contribution in [-0.2, 0) is 9.53 Å². The predicted molar refractivity (Wildman–Crippen MR) is 77.8 cm³/mol. The lowest BCUT2D eigenvalue weighted by Crippen LogP contribution is -2.38. The minimum absolute atomic E-state index is 0.0782. The Hall–Kier alpha value is -2.22. The summed E-state index contributed by atoms with van der Waals surface area (Å²) < 4.78 is 4.80. The third-order valence-electron chi connectivity index (χ3n) is 2.61. The first kappa shape index (κ1) is 16.8. The molecule has 4 N–H and O–H groups in total. The average Bonchev–Trinajstić information content (AvgIpc) is 2.45. The summed E-state index contributed by atoms with van der Waals surface area (Å²) in [5.74, 6) is -0.204. The van der Waals surface area contributed by atoms with E-state index in [9.17, 15) is 9.59 Å². The molecular formula is C13H21N5O3. The van der Waals surface area contributed by atoms with Gasteiger partial charge >= 0.3 is 0 Å². The fraction of sp³-hybridized carbons (Fsp3) is 0.538. The standard InChI is InChI=1S/C13H21N5O3/c1-8(2)12-16-6-9(14)11(18-12)13(20)17-7-10(19)15-4-5-21-3/h6,8H,4-5,7,14H2,1-3H3,(H,15,19)(H,17,20). The zero-order valence-corrected chi connectivity index (χ0v) is 12.5. The van der Waals surface area contributed by atoms with E-state index < -0.39 is 5.91 Å². The first-order valence-corrected chi connectivity index (χ1v) is 6.62. The second-order valence-electron chi connectivity index (χ2n) is 4.71. The van der Waals surface area contributed by atoms with E-state index in [4.69, 9.17) is 10.5 Å². The Labute approximate surface area is 123 Å². The summed E-state index contributed by atoms with van der Waals surface area (Å²) in [6, 6.07) is 0. The third kappa shape index (κ3) is 5.35. The first-order valence-electron chi connectivity index (χ1n) is 6.62. The number of carbonyl (C=O) groups excluding carboxylic acids is 2. The number of methoxy groups -OCH3 is 1. The van der Waals surface area contributed by atoms with Gasteiger partial charge in [-0.3, -0.25) is 9.59 Å². The minimum atomic E-state index is -0.501. The summed E-state index contributed by atoms with van der Waals surface area (Å²) in [6.07, 6.45) is 1.40. The molecule has 0 aliphatic heterocycles. The summed E-state index contributed by atoms with van der Waals surface area (Å²) in [6.45, 7) is 4.48. The van der Waals surface area contributed by atoms with Crippen LogP contribution in [0, 0.1) is 0 Å². The number of ether oxygens (including phenoxy) is 1. The maximum atomic E-state index is 12.0. The second kappa shape index (κ2) is 8.15. The number of nitrogen functional groups attached to an aromatic ring is 1. The molecule has 0 aromatic carbocycles. The Morgan fingerprint density at radius 3 is 2.71 bits per heavy atom. The molecule has 0 unspecified atom stereocenters. The number of aromatic nitrogens is 2. The molecule has 1 aromatic heterocycles. The lowest BCUT2D eigenvalue weighted by atomic mass is 10.2. The zero-order valence-electron chi connectivity index (χ0n) is 12.5. The van der Waals surface area contributed by atoms with Gasteiger partial charge in [-0.1, -0.05) is 13.8 Å². The van der Waals surface area contributed by atoms with Crippen molar-refractivity contribution in [3.05, 3.63) is 17.7 Å². The zero-order chi connectivity index (χ0) is 15.8. The van der Waals surface area contributed by atoms with Crippen LogP contribution in [0.5, 0.6) is 0 Å². The summed E-state index contributed by atoms with van der Waals surface area (Å²) >= 11 is 0. The molecule has 0 fully saturated rings. The number of anilines is 1. The second-order valence-corrected chi connectivity index (χ2v) is 4.71. The largest absolute Gasteiger partial charge is 0.396 e. The monoisotopic (exact) mass is 295 g/mol. The normalized spacial score (nSPS) is 10.5. The average molecular weight is 295 g/mol. The Morgan fingerprint density at radius 2 is 2.10 bits per heavy atom. The Morgan fingerprint density at radius 1 is 1.38 bits per heavy atom. The highest BCUT2D eigenvalue weighted by molar-refractivity contribution is 5.98. The van der Waals surface area contributed by atoms with Gasteiger partial charge < -0.3 is 21.1 Å². The van der Waals surface area contributed by atoms with Gasteiger partial charge in [0.1, 0.15) is 5.82 Å². The van der Waals surface area contributed by atoms with Crippen molar-refractivity contribution in [2.45, 2.75) is 19.8 Å². The van der Waals surface area contributed by atoms with Crippen LogP contribution >= 0.6 is 0 Å². The molecular weight excluding hydrogens is 274 g/mol. The molecule has 0 radical (unpaired) electrons. The SMILES string of the molecule is COCCNC(=O)CNC(=O)c1nc(C(C)C)ncc1N. The van der Waals surface area contributed by atoms with Crippen molar-refractivity contribution in [3.8, 4) is 0 Å². The van der Waals surface area contributed by atoms with E-state index >= 15 is 0 Å². The maximum absolute atomic E-state index is 12.0. The van der Waals surface area contributed by atoms with E-state index in [0.29, 0.717) is 19.0 Å². The van der Waals surface area contributed by atoms with Gasteiger partial charge in [-0.2, -0.15) is 0 Å². The Balaban J connectivity index is 2.59. The number of rotatable bonds is 7. The van der Waals surface area contributed by atoms with Gasteiger partial charge in [0.15, 0.2) is 5.69 Å². The summed E-state index contributed by atoms with van der Waals surface area (Å²) in [7, 11) is 1.54. The highest BCUT2D eigenvalue weighted by Gasteiger charge is 2.15. The van der Waals surface area contributed by atoms with E-state index in [-0.39, 0.29) is 29.8 Å². The molecule has 8 heteroatoms. The molecule has 0 aliphatic rings. The molecule has 21 heavy (non-hydrogen) atoms. The van der Waals surface area contributed by atoms with Crippen molar-refractivity contribution in [1.82, 2.24) is 20.6 Å². The maximum Gasteiger partial charge on any atom is 0.272 e. The molecule has 1 heterocycles. The predicted octanol–water partition coefficient (Wildman–Crippen LogP) is -0.325. The van der Waals surface area contributed by atoms with Crippen molar-refractivity contribution in [3.63, 3.8) is 0 Å². The van der Waals surface area contributed by atoms with E-state index in [2.05, 4.69) is 20.6 Å². The van der Waals surface area contributed by atoms with Crippen LogP contribution in [0.4, 0.5) is 5.69 Å². The van der Waals surface area contributed by atoms with Gasteiger partial charge in [0.05, 0.1) is 25.0 Å². The van der Waals surface area contributed by atoms with Crippen LogP contribution in [0.25, 0.3) is 0 Å². The molecule has 0 aliphatic carbocycles. The van der Waals surface area contributed by atoms with Gasteiger partial charge in [0.25, 0.3) is 5.91 Å². The fourth-order valence-electron chi connectivity index (χ4n) is 1.46. The van der Waals surface area contributed by atoms with Crippen LogP contribution in [0.3, 0.4) is 0 Å². The smallest absolute Gasteiger partial charge is 0.272 e. The lowest BCUT2D eigenvalue weighted by molar-refractivity contribution is -0.120. The van der Waals surface area contributed by atoms with Gasteiger partial charge in [-0.25, -0.2) is 9.97 Å². The number of hydrogen-bond donors (Lipinski definition) is 3. The van der Waals surface area contributed by atoms with Crippen molar-refractivity contribution in [1.29, 1.82) is 0 Å². The summed E-state index contributed by atoms with van der Waals surface area (Å²) in [5, 5.41) is 5.06. The molecule has 8 nitrogen and oxygen atoms in total. The molecule has 0 bridgehead atoms. The molecule has 0 atom stereocenters. The van der Waals surface area contributed by atoms with Crippen LogP contribution in [0.1, 0.15) is 36.1 Å². The molecule has 1 rings (SSSR count). The number of carbonyl (C=O) groups is 2. The van der Waals surface area contributed by atoms with Gasteiger partial charge in [0, 0.05) is 19.6 Å². The van der Waals surface area contributed by atoms with Crippen molar-refractivity contribution < 1.29 is 14.3 Å². The van der Waals surface area contributed by atoms with Gasteiger partial charge in [-0.15, -0.1) is 0 Å². The lowest BCUT2D eigenvalue weighted by Gasteiger charge is -2.09. The number of nitrogens with two attached hydrogens (primary N) is 1. The highest BCUT2D eigenvalue weighted by atomic mass is 16.5. The van der Waals surface area contributed by atoms with Crippen LogP contribution in [0.2, 0.25) is 0 Å². The van der Waals surface area contributed by atoms with Crippen LogP contribution in [-0.4, -0.2) is 48.6 Å². The molecule has 2 amide bonds. The van der Waals surface area contributed by atoms with E-state index in [1.54, 1.807) is 0 Å². The minimum Gasteiger partial charge on any atom is -0.396 e. The molecule has 116 valence electrons. The number of nitrogens with one attached hydrogen (secondary N) is 2. The molecule has 0 spiro atoms. The van der Waals surface area contributed by atoms with Crippen LogP contribution < -0.4 is 16.4 Å². The van der Waals surface area contributed by atoms with Crippen molar-refractivity contribution in [2.24, 2.45) is 0 Å². The van der Waals surface area contributed by atoms with E-state index in [1.165, 1.54) is 13.3 Å². The topological polar surface area (TPSA) is 119 Å². The van der Waals surface area contributed by atoms with Gasteiger partial charge in [0.2, 0.25) is 5.91 Å². The van der Waals surface area contributed by atoms with Crippen molar-refractivity contribution >= 4 is 17.5 Å². The Kier molecular flexibility index (Phi) is 6.54. The quantitative estimate of drug-likeness (QED) is 0.593. The van der Waals surface area contributed by atoms with E-state index in [1.807, 2.05) is 13.8 Å².